The quantitative estimate of drug-likeness (QED) is 0.723. The summed E-state index contributed by atoms with van der Waals surface area (Å²) in [5.41, 5.74) is 1.28. The smallest absolute Gasteiger partial charge is 0.291 e. The molecule has 140 valence electrons. The number of carbonyl (C=O) groups excluding carboxylic acids is 1. The number of nitrogens with zero attached hydrogens (tertiary/aromatic N) is 1. The van der Waals surface area contributed by atoms with Crippen LogP contribution in [0.15, 0.2) is 57.9 Å². The molecule has 0 aliphatic carbocycles. The highest BCUT2D eigenvalue weighted by molar-refractivity contribution is 6.02. The fraction of sp³-hybridized carbons (Fsp3) is 0.200. The lowest BCUT2D eigenvalue weighted by Gasteiger charge is -2.13. The second-order valence-electron chi connectivity index (χ2n) is 5.91. The number of hydrogen-bond acceptors (Lipinski definition) is 5. The number of methoxy groups -OCH3 is 2. The number of pyridine rings is 1. The molecule has 0 spiro atoms. The predicted octanol–water partition coefficient (Wildman–Crippen LogP) is 3.07. The van der Waals surface area contributed by atoms with Gasteiger partial charge < -0.3 is 23.8 Å². The van der Waals surface area contributed by atoms with Gasteiger partial charge in [-0.05, 0) is 36.8 Å². The molecule has 0 saturated heterocycles. The maximum absolute atomic E-state index is 12.5. The predicted molar refractivity (Wildman–Crippen MR) is 101 cm³/mol. The summed E-state index contributed by atoms with van der Waals surface area (Å²) in [6, 6.07) is 11.6. The van der Waals surface area contributed by atoms with E-state index < -0.39 is 5.91 Å². The standard InChI is InChI=1S/C20H20N2O5/c1-13-10-17(25-2)18(26-3)11-15(13)21-20(24)16-8-7-14(27-16)12-22-9-5-4-6-19(22)23/h4-11H,12H2,1-3H3,(H,21,24). The Hall–Kier alpha value is -3.48. The fourth-order valence-electron chi connectivity index (χ4n) is 2.64. The first-order chi connectivity index (χ1) is 13.0. The van der Waals surface area contributed by atoms with Gasteiger partial charge in [0.25, 0.3) is 11.5 Å². The lowest BCUT2D eigenvalue weighted by molar-refractivity contribution is 0.0994. The minimum absolute atomic E-state index is 0.138. The number of anilines is 1. The summed E-state index contributed by atoms with van der Waals surface area (Å²) in [4.78, 5) is 24.3. The Labute approximate surface area is 156 Å². The number of rotatable bonds is 6. The maximum Gasteiger partial charge on any atom is 0.291 e. The normalized spacial score (nSPS) is 10.5. The van der Waals surface area contributed by atoms with Gasteiger partial charge in [0.05, 0.1) is 20.8 Å². The number of nitrogens with one attached hydrogen (secondary N) is 1. The van der Waals surface area contributed by atoms with Crippen molar-refractivity contribution in [3.63, 3.8) is 0 Å². The number of aromatic nitrogens is 1. The van der Waals surface area contributed by atoms with Crippen molar-refractivity contribution in [2.75, 3.05) is 19.5 Å². The highest BCUT2D eigenvalue weighted by atomic mass is 16.5. The van der Waals surface area contributed by atoms with Crippen LogP contribution in [0.25, 0.3) is 0 Å². The largest absolute Gasteiger partial charge is 0.493 e. The Balaban J connectivity index is 1.77. The van der Waals surface area contributed by atoms with Crippen molar-refractivity contribution in [2.24, 2.45) is 0 Å². The summed E-state index contributed by atoms with van der Waals surface area (Å²) in [6.07, 6.45) is 1.66. The molecule has 0 bridgehead atoms. The van der Waals surface area contributed by atoms with Crippen molar-refractivity contribution in [2.45, 2.75) is 13.5 Å². The molecule has 0 fully saturated rings. The number of aryl methyl sites for hydroxylation is 1. The number of amides is 1. The molecular weight excluding hydrogens is 348 g/mol. The molecule has 0 unspecified atom stereocenters. The monoisotopic (exact) mass is 368 g/mol. The third-order valence-electron chi connectivity index (χ3n) is 4.09. The van der Waals surface area contributed by atoms with Crippen molar-refractivity contribution in [1.82, 2.24) is 4.57 Å². The van der Waals surface area contributed by atoms with E-state index >= 15 is 0 Å². The molecule has 3 aromatic rings. The molecule has 3 rings (SSSR count). The highest BCUT2D eigenvalue weighted by Crippen LogP contribution is 2.33. The summed E-state index contributed by atoms with van der Waals surface area (Å²) in [5.74, 6) is 1.38. The topological polar surface area (TPSA) is 82.7 Å². The lowest BCUT2D eigenvalue weighted by Crippen LogP contribution is -2.18. The zero-order chi connectivity index (χ0) is 19.4. The van der Waals surface area contributed by atoms with Crippen LogP contribution >= 0.6 is 0 Å². The van der Waals surface area contributed by atoms with Crippen LogP contribution in [0.5, 0.6) is 11.5 Å². The minimum Gasteiger partial charge on any atom is -0.493 e. The van der Waals surface area contributed by atoms with Crippen molar-refractivity contribution < 1.29 is 18.7 Å². The van der Waals surface area contributed by atoms with Gasteiger partial charge in [0.15, 0.2) is 17.3 Å². The Morgan fingerprint density at radius 1 is 1.11 bits per heavy atom. The van der Waals surface area contributed by atoms with Gasteiger partial charge in [0, 0.05) is 24.0 Å². The highest BCUT2D eigenvalue weighted by Gasteiger charge is 2.15. The molecule has 0 radical (unpaired) electrons. The Bertz CT molecular complexity index is 1020. The number of furan rings is 1. The maximum atomic E-state index is 12.5. The molecule has 0 atom stereocenters. The number of hydrogen-bond donors (Lipinski definition) is 1. The Kier molecular flexibility index (Phi) is 5.30. The molecule has 7 heteroatoms. The van der Waals surface area contributed by atoms with E-state index in [0.717, 1.165) is 5.56 Å². The van der Waals surface area contributed by atoms with Crippen LogP contribution in [0.3, 0.4) is 0 Å². The van der Waals surface area contributed by atoms with Crippen LogP contribution in [0.2, 0.25) is 0 Å². The first-order valence-corrected chi connectivity index (χ1v) is 8.30. The summed E-state index contributed by atoms with van der Waals surface area (Å²) < 4.78 is 17.6. The van der Waals surface area contributed by atoms with E-state index in [1.165, 1.54) is 17.7 Å². The van der Waals surface area contributed by atoms with Gasteiger partial charge in [-0.25, -0.2) is 0 Å². The number of ether oxygens (including phenoxy) is 2. The van der Waals surface area contributed by atoms with E-state index in [1.54, 1.807) is 49.7 Å². The van der Waals surface area contributed by atoms with Crippen molar-refractivity contribution >= 4 is 11.6 Å². The molecule has 0 saturated carbocycles. The molecule has 1 aromatic carbocycles. The first-order valence-electron chi connectivity index (χ1n) is 8.30. The van der Waals surface area contributed by atoms with Crippen LogP contribution in [-0.2, 0) is 6.54 Å². The minimum atomic E-state index is -0.392. The van der Waals surface area contributed by atoms with Crippen LogP contribution in [0, 0.1) is 6.92 Å². The van der Waals surface area contributed by atoms with E-state index in [1.807, 2.05) is 6.92 Å². The number of benzene rings is 1. The SMILES string of the molecule is COc1cc(C)c(NC(=O)c2ccc(Cn3ccccc3=O)o2)cc1OC. The third kappa shape index (κ3) is 4.03. The van der Waals surface area contributed by atoms with Gasteiger partial charge in [-0.1, -0.05) is 6.07 Å². The molecule has 0 aliphatic heterocycles. The van der Waals surface area contributed by atoms with E-state index in [-0.39, 0.29) is 17.9 Å². The summed E-state index contributed by atoms with van der Waals surface area (Å²) in [7, 11) is 3.08. The van der Waals surface area contributed by atoms with Gasteiger partial charge in [-0.15, -0.1) is 0 Å². The van der Waals surface area contributed by atoms with Crippen LogP contribution in [0.1, 0.15) is 21.9 Å². The van der Waals surface area contributed by atoms with E-state index in [9.17, 15) is 9.59 Å². The molecule has 7 nitrogen and oxygen atoms in total. The van der Waals surface area contributed by atoms with E-state index in [2.05, 4.69) is 5.32 Å². The fourth-order valence-corrected chi connectivity index (χ4v) is 2.64. The summed E-state index contributed by atoms with van der Waals surface area (Å²) in [6.45, 7) is 2.11. The Morgan fingerprint density at radius 3 is 2.56 bits per heavy atom. The average molecular weight is 368 g/mol. The third-order valence-corrected chi connectivity index (χ3v) is 4.09. The van der Waals surface area contributed by atoms with Crippen molar-refractivity contribution in [3.05, 3.63) is 76.1 Å². The summed E-state index contributed by atoms with van der Waals surface area (Å²) >= 11 is 0. The van der Waals surface area contributed by atoms with Crippen LogP contribution < -0.4 is 20.3 Å². The molecule has 2 heterocycles. The zero-order valence-electron chi connectivity index (χ0n) is 15.3. The molecule has 2 aromatic heterocycles. The molecule has 1 N–H and O–H groups in total. The molecule has 27 heavy (non-hydrogen) atoms. The van der Waals surface area contributed by atoms with E-state index in [0.29, 0.717) is 22.9 Å². The van der Waals surface area contributed by atoms with Crippen LogP contribution in [-0.4, -0.2) is 24.7 Å². The lowest BCUT2D eigenvalue weighted by atomic mass is 10.1. The zero-order valence-corrected chi connectivity index (χ0v) is 15.3. The van der Waals surface area contributed by atoms with Gasteiger partial charge in [-0.2, -0.15) is 0 Å². The van der Waals surface area contributed by atoms with E-state index in [4.69, 9.17) is 13.9 Å². The molecular formula is C20H20N2O5. The van der Waals surface area contributed by atoms with Gasteiger partial charge in [0.2, 0.25) is 0 Å². The van der Waals surface area contributed by atoms with Gasteiger partial charge >= 0.3 is 0 Å². The molecule has 0 aliphatic rings. The van der Waals surface area contributed by atoms with Crippen molar-refractivity contribution in [1.29, 1.82) is 0 Å². The van der Waals surface area contributed by atoms with Gasteiger partial charge in [0.1, 0.15) is 5.76 Å². The summed E-state index contributed by atoms with van der Waals surface area (Å²) in [5, 5.41) is 2.80. The number of carbonyl (C=O) groups is 1. The second-order valence-corrected chi connectivity index (χ2v) is 5.91. The van der Waals surface area contributed by atoms with Crippen LogP contribution in [0.4, 0.5) is 5.69 Å². The first kappa shape index (κ1) is 18.3. The van der Waals surface area contributed by atoms with Crippen molar-refractivity contribution in [3.8, 4) is 11.5 Å². The average Bonchev–Trinajstić information content (AvgIpc) is 3.13. The second kappa shape index (κ2) is 7.82. The Morgan fingerprint density at radius 2 is 1.85 bits per heavy atom. The molecule has 1 amide bonds. The van der Waals surface area contributed by atoms with Gasteiger partial charge in [-0.3, -0.25) is 9.59 Å².